The van der Waals surface area contributed by atoms with E-state index in [1.54, 1.807) is 18.3 Å². The molecule has 0 saturated carbocycles. The fourth-order valence-electron chi connectivity index (χ4n) is 1.93. The van der Waals surface area contributed by atoms with Crippen LogP contribution in [-0.4, -0.2) is 24.0 Å². The standard InChI is InChI=1S/C17H21N3O2/c1-3-11-18-17(21)13-9-10-16(19-12-13)20-14-7-5-6-8-15(14)22-4-2/h5-10,12H,3-4,11H2,1-2H3,(H,18,21)(H,19,20). The molecule has 22 heavy (non-hydrogen) atoms. The number of ether oxygens (including phenoxy) is 1. The maximum Gasteiger partial charge on any atom is 0.252 e. The van der Waals surface area contributed by atoms with E-state index in [0.29, 0.717) is 24.5 Å². The zero-order valence-corrected chi connectivity index (χ0v) is 12.9. The van der Waals surface area contributed by atoms with Gasteiger partial charge in [-0.25, -0.2) is 4.98 Å². The van der Waals surface area contributed by atoms with Gasteiger partial charge in [-0.05, 0) is 37.6 Å². The second-order valence-electron chi connectivity index (χ2n) is 4.74. The van der Waals surface area contributed by atoms with Crippen molar-refractivity contribution in [1.29, 1.82) is 0 Å². The maximum atomic E-state index is 11.8. The van der Waals surface area contributed by atoms with Gasteiger partial charge in [0.05, 0.1) is 17.9 Å². The van der Waals surface area contributed by atoms with Gasteiger partial charge < -0.3 is 15.4 Å². The Hall–Kier alpha value is -2.56. The van der Waals surface area contributed by atoms with Gasteiger partial charge in [-0.1, -0.05) is 19.1 Å². The molecule has 1 aromatic carbocycles. The lowest BCUT2D eigenvalue weighted by atomic mass is 10.2. The van der Waals surface area contributed by atoms with E-state index in [4.69, 9.17) is 4.74 Å². The van der Waals surface area contributed by atoms with Crippen LogP contribution in [0.4, 0.5) is 11.5 Å². The Morgan fingerprint density at radius 1 is 1.18 bits per heavy atom. The van der Waals surface area contributed by atoms with Crippen molar-refractivity contribution in [2.75, 3.05) is 18.5 Å². The second kappa shape index (κ2) is 8.02. The number of amides is 1. The Balaban J connectivity index is 2.07. The highest BCUT2D eigenvalue weighted by atomic mass is 16.5. The lowest BCUT2D eigenvalue weighted by Gasteiger charge is -2.11. The minimum Gasteiger partial charge on any atom is -0.492 e. The minimum absolute atomic E-state index is 0.101. The van der Waals surface area contributed by atoms with E-state index < -0.39 is 0 Å². The fraction of sp³-hybridized carbons (Fsp3) is 0.294. The van der Waals surface area contributed by atoms with Gasteiger partial charge in [-0.2, -0.15) is 0 Å². The number of benzene rings is 1. The van der Waals surface area contributed by atoms with Gasteiger partial charge in [0.2, 0.25) is 0 Å². The molecule has 5 heteroatoms. The van der Waals surface area contributed by atoms with E-state index in [-0.39, 0.29) is 5.91 Å². The van der Waals surface area contributed by atoms with Gasteiger partial charge in [0, 0.05) is 12.7 Å². The summed E-state index contributed by atoms with van der Waals surface area (Å²) in [5.74, 6) is 1.34. The number of anilines is 2. The van der Waals surface area contributed by atoms with Crippen molar-refractivity contribution < 1.29 is 9.53 Å². The third kappa shape index (κ3) is 4.22. The molecule has 0 saturated heterocycles. The number of carbonyl (C=O) groups excluding carboxylic acids is 1. The van der Waals surface area contributed by atoms with E-state index >= 15 is 0 Å². The number of rotatable bonds is 7. The maximum absolute atomic E-state index is 11.8. The first-order valence-corrected chi connectivity index (χ1v) is 7.47. The lowest BCUT2D eigenvalue weighted by molar-refractivity contribution is 0.0953. The van der Waals surface area contributed by atoms with Gasteiger partial charge >= 0.3 is 0 Å². The monoisotopic (exact) mass is 299 g/mol. The Morgan fingerprint density at radius 2 is 2.00 bits per heavy atom. The average molecular weight is 299 g/mol. The predicted octanol–water partition coefficient (Wildman–Crippen LogP) is 3.36. The van der Waals surface area contributed by atoms with Crippen LogP contribution >= 0.6 is 0 Å². The van der Waals surface area contributed by atoms with Gasteiger partial charge in [-0.15, -0.1) is 0 Å². The van der Waals surface area contributed by atoms with Crippen LogP contribution in [0.2, 0.25) is 0 Å². The molecule has 0 radical (unpaired) electrons. The highest BCUT2D eigenvalue weighted by molar-refractivity contribution is 5.94. The zero-order chi connectivity index (χ0) is 15.8. The van der Waals surface area contributed by atoms with Crippen molar-refractivity contribution in [1.82, 2.24) is 10.3 Å². The largest absolute Gasteiger partial charge is 0.492 e. The van der Waals surface area contributed by atoms with Crippen LogP contribution in [-0.2, 0) is 0 Å². The number of hydrogen-bond donors (Lipinski definition) is 2. The van der Waals surface area contributed by atoms with Gasteiger partial charge in [-0.3, -0.25) is 4.79 Å². The molecule has 5 nitrogen and oxygen atoms in total. The SMILES string of the molecule is CCCNC(=O)c1ccc(Nc2ccccc2OCC)nc1. The molecule has 1 amide bonds. The van der Waals surface area contributed by atoms with Crippen molar-refractivity contribution in [3.8, 4) is 5.75 Å². The minimum atomic E-state index is -0.101. The van der Waals surface area contributed by atoms with Crippen molar-refractivity contribution in [2.24, 2.45) is 0 Å². The molecular formula is C17H21N3O2. The summed E-state index contributed by atoms with van der Waals surface area (Å²) in [7, 11) is 0. The number of nitrogens with zero attached hydrogens (tertiary/aromatic N) is 1. The van der Waals surface area contributed by atoms with E-state index in [1.165, 1.54) is 0 Å². The summed E-state index contributed by atoms with van der Waals surface area (Å²) in [5, 5.41) is 6.02. The summed E-state index contributed by atoms with van der Waals surface area (Å²) >= 11 is 0. The third-order valence-electron chi connectivity index (χ3n) is 3.01. The number of carbonyl (C=O) groups is 1. The summed E-state index contributed by atoms with van der Waals surface area (Å²) in [6.07, 6.45) is 2.48. The predicted molar refractivity (Wildman–Crippen MR) is 87.8 cm³/mol. The molecule has 0 unspecified atom stereocenters. The summed E-state index contributed by atoms with van der Waals surface area (Å²) < 4.78 is 5.56. The molecular weight excluding hydrogens is 278 g/mol. The summed E-state index contributed by atoms with van der Waals surface area (Å²) in [5.41, 5.74) is 1.40. The summed E-state index contributed by atoms with van der Waals surface area (Å²) in [4.78, 5) is 16.1. The molecule has 0 atom stereocenters. The van der Waals surface area contributed by atoms with Crippen LogP contribution < -0.4 is 15.4 Å². The number of para-hydroxylation sites is 2. The molecule has 0 bridgehead atoms. The lowest BCUT2D eigenvalue weighted by Crippen LogP contribution is -2.24. The Morgan fingerprint density at radius 3 is 2.68 bits per heavy atom. The van der Waals surface area contributed by atoms with Crippen molar-refractivity contribution in [2.45, 2.75) is 20.3 Å². The molecule has 2 N–H and O–H groups in total. The smallest absolute Gasteiger partial charge is 0.252 e. The van der Waals surface area contributed by atoms with Crippen LogP contribution in [0.15, 0.2) is 42.6 Å². The summed E-state index contributed by atoms with van der Waals surface area (Å²) in [6, 6.07) is 11.2. The van der Waals surface area contributed by atoms with Crippen molar-refractivity contribution >= 4 is 17.4 Å². The number of hydrogen-bond acceptors (Lipinski definition) is 4. The average Bonchev–Trinajstić information content (AvgIpc) is 2.55. The highest BCUT2D eigenvalue weighted by Gasteiger charge is 2.07. The molecule has 1 heterocycles. The number of nitrogens with one attached hydrogen (secondary N) is 2. The molecule has 0 aliphatic carbocycles. The number of aromatic nitrogens is 1. The van der Waals surface area contributed by atoms with Gasteiger partial charge in [0.1, 0.15) is 11.6 Å². The fourth-order valence-corrected chi connectivity index (χ4v) is 1.93. The molecule has 2 rings (SSSR count). The topological polar surface area (TPSA) is 63.2 Å². The van der Waals surface area contributed by atoms with E-state index in [1.807, 2.05) is 38.1 Å². The van der Waals surface area contributed by atoms with Gasteiger partial charge in [0.15, 0.2) is 0 Å². The zero-order valence-electron chi connectivity index (χ0n) is 12.9. The third-order valence-corrected chi connectivity index (χ3v) is 3.01. The van der Waals surface area contributed by atoms with Crippen LogP contribution in [0.25, 0.3) is 0 Å². The molecule has 0 aliphatic heterocycles. The Labute approximate surface area is 130 Å². The molecule has 2 aromatic rings. The summed E-state index contributed by atoms with van der Waals surface area (Å²) in [6.45, 7) is 5.23. The Kier molecular flexibility index (Phi) is 5.77. The molecule has 0 fully saturated rings. The van der Waals surface area contributed by atoms with Crippen LogP contribution in [0, 0.1) is 0 Å². The van der Waals surface area contributed by atoms with E-state index in [0.717, 1.165) is 17.9 Å². The molecule has 0 spiro atoms. The second-order valence-corrected chi connectivity index (χ2v) is 4.74. The highest BCUT2D eigenvalue weighted by Crippen LogP contribution is 2.26. The molecule has 0 aliphatic rings. The van der Waals surface area contributed by atoms with Crippen molar-refractivity contribution in [3.05, 3.63) is 48.2 Å². The normalized spacial score (nSPS) is 10.1. The van der Waals surface area contributed by atoms with E-state index in [2.05, 4.69) is 15.6 Å². The first kappa shape index (κ1) is 15.8. The molecule has 116 valence electrons. The van der Waals surface area contributed by atoms with Crippen LogP contribution in [0.3, 0.4) is 0 Å². The van der Waals surface area contributed by atoms with Crippen molar-refractivity contribution in [3.63, 3.8) is 0 Å². The first-order chi connectivity index (χ1) is 10.7. The number of pyridine rings is 1. The van der Waals surface area contributed by atoms with Gasteiger partial charge in [0.25, 0.3) is 5.91 Å². The quantitative estimate of drug-likeness (QED) is 0.823. The first-order valence-electron chi connectivity index (χ1n) is 7.47. The van der Waals surface area contributed by atoms with E-state index in [9.17, 15) is 4.79 Å². The molecule has 1 aromatic heterocycles. The Bertz CT molecular complexity index is 612. The van der Waals surface area contributed by atoms with Crippen LogP contribution in [0.5, 0.6) is 5.75 Å². The van der Waals surface area contributed by atoms with Crippen LogP contribution in [0.1, 0.15) is 30.6 Å².